The summed E-state index contributed by atoms with van der Waals surface area (Å²) in [6.45, 7) is 2.06. The van der Waals surface area contributed by atoms with Gasteiger partial charge in [-0.15, -0.1) is 6.42 Å². The van der Waals surface area contributed by atoms with Crippen molar-refractivity contribution in [1.29, 1.82) is 0 Å². The molecule has 0 radical (unpaired) electrons. The van der Waals surface area contributed by atoms with Crippen molar-refractivity contribution in [3.8, 4) is 23.6 Å². The van der Waals surface area contributed by atoms with Crippen molar-refractivity contribution in [1.82, 2.24) is 4.98 Å². The fraction of sp³-hybridized carbons (Fsp3) is 0.0714. The highest BCUT2D eigenvalue weighted by Crippen LogP contribution is 2.23. The Morgan fingerprint density at radius 3 is 2.67 bits per heavy atom. The Hall–Kier alpha value is -2.07. The molecule has 15 heavy (non-hydrogen) atoms. The first-order valence-electron chi connectivity index (χ1n) is 4.80. The predicted octanol–water partition coefficient (Wildman–Crippen LogP) is 3.04. The molecule has 0 aliphatic rings. The van der Waals surface area contributed by atoms with Gasteiger partial charge in [0.05, 0.1) is 11.3 Å². The van der Waals surface area contributed by atoms with E-state index in [-0.39, 0.29) is 0 Å². The molecule has 0 saturated heterocycles. The van der Waals surface area contributed by atoms with Gasteiger partial charge in [0.2, 0.25) is 0 Å². The number of pyridine rings is 1. The van der Waals surface area contributed by atoms with Crippen molar-refractivity contribution in [3.63, 3.8) is 0 Å². The maximum atomic E-state index is 5.45. The Morgan fingerprint density at radius 2 is 1.93 bits per heavy atom. The van der Waals surface area contributed by atoms with E-state index in [0.29, 0.717) is 0 Å². The van der Waals surface area contributed by atoms with Gasteiger partial charge in [-0.25, -0.2) is 0 Å². The summed E-state index contributed by atoms with van der Waals surface area (Å²) in [5.41, 5.74) is 4.02. The lowest BCUT2D eigenvalue weighted by molar-refractivity contribution is 1.29. The average Bonchev–Trinajstić information content (AvgIpc) is 2.30. The van der Waals surface area contributed by atoms with Crippen LogP contribution in [-0.4, -0.2) is 4.98 Å². The lowest BCUT2D eigenvalue weighted by Gasteiger charge is -2.06. The van der Waals surface area contributed by atoms with Crippen LogP contribution in [-0.2, 0) is 0 Å². The summed E-state index contributed by atoms with van der Waals surface area (Å²) in [5.74, 6) is 2.66. The second-order valence-electron chi connectivity index (χ2n) is 3.36. The van der Waals surface area contributed by atoms with E-state index in [1.165, 1.54) is 5.56 Å². The third-order valence-corrected chi connectivity index (χ3v) is 2.36. The van der Waals surface area contributed by atoms with Gasteiger partial charge in [0, 0.05) is 11.8 Å². The zero-order valence-corrected chi connectivity index (χ0v) is 8.57. The summed E-state index contributed by atoms with van der Waals surface area (Å²) >= 11 is 0. The van der Waals surface area contributed by atoms with Crippen LogP contribution in [0.5, 0.6) is 0 Å². The molecule has 0 aliphatic carbocycles. The molecule has 1 heteroatoms. The van der Waals surface area contributed by atoms with Gasteiger partial charge in [-0.05, 0) is 24.6 Å². The molecule has 1 nitrogen and oxygen atoms in total. The topological polar surface area (TPSA) is 12.9 Å². The number of aromatic nitrogens is 1. The molecule has 1 aromatic carbocycles. The zero-order chi connectivity index (χ0) is 10.7. The smallest absolute Gasteiger partial charge is 0.0860 e. The first-order chi connectivity index (χ1) is 7.33. The van der Waals surface area contributed by atoms with Crippen molar-refractivity contribution in [2.75, 3.05) is 0 Å². The van der Waals surface area contributed by atoms with Crippen LogP contribution in [0.15, 0.2) is 42.6 Å². The fourth-order valence-corrected chi connectivity index (χ4v) is 1.57. The van der Waals surface area contributed by atoms with Crippen molar-refractivity contribution >= 4 is 0 Å². The van der Waals surface area contributed by atoms with Crippen molar-refractivity contribution in [3.05, 3.63) is 53.7 Å². The molecule has 2 rings (SSSR count). The summed E-state index contributed by atoms with van der Waals surface area (Å²) in [4.78, 5) is 4.34. The lowest BCUT2D eigenvalue weighted by Crippen LogP contribution is -1.90. The standard InChI is InChI=1S/C14H11N/c1-3-12-8-6-10-15-14(12)13-9-5-4-7-11(13)2/h1,4-10H,2H3. The number of hydrogen-bond donors (Lipinski definition) is 0. The van der Waals surface area contributed by atoms with Crippen LogP contribution in [0.2, 0.25) is 0 Å². The van der Waals surface area contributed by atoms with Crippen molar-refractivity contribution < 1.29 is 0 Å². The van der Waals surface area contributed by atoms with Gasteiger partial charge in [-0.2, -0.15) is 0 Å². The molecule has 1 aromatic heterocycles. The highest BCUT2D eigenvalue weighted by molar-refractivity contribution is 5.69. The van der Waals surface area contributed by atoms with Crippen LogP contribution in [0.1, 0.15) is 11.1 Å². The Labute approximate surface area is 89.8 Å². The van der Waals surface area contributed by atoms with E-state index in [0.717, 1.165) is 16.8 Å². The van der Waals surface area contributed by atoms with Crippen LogP contribution in [0.25, 0.3) is 11.3 Å². The summed E-state index contributed by atoms with van der Waals surface area (Å²) in [5, 5.41) is 0. The van der Waals surface area contributed by atoms with Crippen LogP contribution >= 0.6 is 0 Å². The van der Waals surface area contributed by atoms with E-state index in [9.17, 15) is 0 Å². The Morgan fingerprint density at radius 1 is 1.13 bits per heavy atom. The van der Waals surface area contributed by atoms with Crippen molar-refractivity contribution in [2.24, 2.45) is 0 Å². The van der Waals surface area contributed by atoms with Gasteiger partial charge < -0.3 is 0 Å². The maximum absolute atomic E-state index is 5.45. The van der Waals surface area contributed by atoms with E-state index in [4.69, 9.17) is 6.42 Å². The fourth-order valence-electron chi connectivity index (χ4n) is 1.57. The number of terminal acetylenes is 1. The summed E-state index contributed by atoms with van der Waals surface area (Å²) < 4.78 is 0. The number of rotatable bonds is 1. The van der Waals surface area contributed by atoms with E-state index in [1.807, 2.05) is 30.3 Å². The molecule has 0 spiro atoms. The summed E-state index contributed by atoms with van der Waals surface area (Å²) in [6, 6.07) is 11.9. The van der Waals surface area contributed by atoms with E-state index in [1.54, 1.807) is 6.20 Å². The van der Waals surface area contributed by atoms with E-state index in [2.05, 4.69) is 23.9 Å². The molecule has 0 unspecified atom stereocenters. The number of hydrogen-bond acceptors (Lipinski definition) is 1. The molecule has 0 N–H and O–H groups in total. The predicted molar refractivity (Wildman–Crippen MR) is 62.3 cm³/mol. The molecular formula is C14H11N. The highest BCUT2D eigenvalue weighted by atomic mass is 14.7. The molecule has 0 bridgehead atoms. The minimum Gasteiger partial charge on any atom is -0.255 e. The maximum Gasteiger partial charge on any atom is 0.0860 e. The largest absolute Gasteiger partial charge is 0.255 e. The molecule has 0 atom stereocenters. The van der Waals surface area contributed by atoms with Gasteiger partial charge in [0.1, 0.15) is 0 Å². The normalized spacial score (nSPS) is 9.60. The molecule has 0 fully saturated rings. The monoisotopic (exact) mass is 193 g/mol. The molecule has 0 aliphatic heterocycles. The second-order valence-corrected chi connectivity index (χ2v) is 3.36. The SMILES string of the molecule is C#Cc1cccnc1-c1ccccc1C. The van der Waals surface area contributed by atoms with Gasteiger partial charge in [0.25, 0.3) is 0 Å². The average molecular weight is 193 g/mol. The highest BCUT2D eigenvalue weighted by Gasteiger charge is 2.05. The Balaban J connectivity index is 2.65. The van der Waals surface area contributed by atoms with Gasteiger partial charge in [-0.1, -0.05) is 30.2 Å². The van der Waals surface area contributed by atoms with Crippen LogP contribution in [0, 0.1) is 19.3 Å². The summed E-state index contributed by atoms with van der Waals surface area (Å²) in [7, 11) is 0. The number of aryl methyl sites for hydroxylation is 1. The van der Waals surface area contributed by atoms with Crippen molar-refractivity contribution in [2.45, 2.75) is 6.92 Å². The molecule has 2 aromatic rings. The first-order valence-corrected chi connectivity index (χ1v) is 4.80. The van der Waals surface area contributed by atoms with Gasteiger partial charge in [-0.3, -0.25) is 4.98 Å². The van der Waals surface area contributed by atoms with Gasteiger partial charge in [0.15, 0.2) is 0 Å². The minimum absolute atomic E-state index is 0.840. The summed E-state index contributed by atoms with van der Waals surface area (Å²) in [6.07, 6.45) is 7.21. The van der Waals surface area contributed by atoms with Gasteiger partial charge >= 0.3 is 0 Å². The Kier molecular flexibility index (Phi) is 2.51. The molecule has 0 amide bonds. The number of nitrogens with zero attached hydrogens (tertiary/aromatic N) is 1. The molecule has 0 saturated carbocycles. The van der Waals surface area contributed by atoms with Crippen LogP contribution in [0.4, 0.5) is 0 Å². The lowest BCUT2D eigenvalue weighted by atomic mass is 10.0. The first kappa shape index (κ1) is 9.48. The third-order valence-electron chi connectivity index (χ3n) is 2.36. The van der Waals surface area contributed by atoms with E-state index < -0.39 is 0 Å². The molecule has 72 valence electrons. The minimum atomic E-state index is 0.840. The third kappa shape index (κ3) is 1.75. The number of benzene rings is 1. The van der Waals surface area contributed by atoms with E-state index >= 15 is 0 Å². The van der Waals surface area contributed by atoms with Crippen LogP contribution < -0.4 is 0 Å². The second kappa shape index (κ2) is 3.98. The quantitative estimate of drug-likeness (QED) is 0.634. The molecule has 1 heterocycles. The zero-order valence-electron chi connectivity index (χ0n) is 8.57. The molecular weight excluding hydrogens is 182 g/mol. The Bertz CT molecular complexity index is 521. The van der Waals surface area contributed by atoms with Crippen LogP contribution in [0.3, 0.4) is 0 Å².